The third kappa shape index (κ3) is 4.04. The number of anilines is 1. The highest BCUT2D eigenvalue weighted by Crippen LogP contribution is 2.24. The maximum atomic E-state index is 12.4. The van der Waals surface area contributed by atoms with Crippen LogP contribution in [0, 0.1) is 5.92 Å². The minimum atomic E-state index is -0.306. The molecule has 134 valence electrons. The average molecular weight is 365 g/mol. The number of hydrogen-bond acceptors (Lipinski definition) is 3. The SMILES string of the molecule is NC(=O)C1CCN(C(=O)NC2CC(=O)N(c3ccc(Cl)cc3)C2)CC1. The summed E-state index contributed by atoms with van der Waals surface area (Å²) < 4.78 is 0. The number of primary amides is 1. The van der Waals surface area contributed by atoms with E-state index in [2.05, 4.69) is 5.32 Å². The largest absolute Gasteiger partial charge is 0.369 e. The van der Waals surface area contributed by atoms with Crippen molar-refractivity contribution in [2.45, 2.75) is 25.3 Å². The van der Waals surface area contributed by atoms with Crippen LogP contribution < -0.4 is 16.0 Å². The fraction of sp³-hybridized carbons (Fsp3) is 0.471. The number of piperidine rings is 1. The lowest BCUT2D eigenvalue weighted by Gasteiger charge is -2.31. The van der Waals surface area contributed by atoms with E-state index in [1.165, 1.54) is 0 Å². The number of hydrogen-bond donors (Lipinski definition) is 2. The standard InChI is InChI=1S/C17H21ClN4O3/c18-12-1-3-14(4-2-12)22-10-13(9-15(22)23)20-17(25)21-7-5-11(6-8-21)16(19)24/h1-4,11,13H,5-10H2,(H2,19,24)(H,20,25). The van der Waals surface area contributed by atoms with E-state index in [9.17, 15) is 14.4 Å². The van der Waals surface area contributed by atoms with Crippen molar-refractivity contribution < 1.29 is 14.4 Å². The topological polar surface area (TPSA) is 95.7 Å². The summed E-state index contributed by atoms with van der Waals surface area (Å²) in [6.07, 6.45) is 1.44. The van der Waals surface area contributed by atoms with Crippen molar-refractivity contribution in [2.75, 3.05) is 24.5 Å². The molecular formula is C17H21ClN4O3. The molecule has 1 aromatic carbocycles. The molecule has 3 N–H and O–H groups in total. The molecule has 2 aliphatic heterocycles. The Morgan fingerprint density at radius 3 is 2.40 bits per heavy atom. The Morgan fingerprint density at radius 1 is 1.16 bits per heavy atom. The fourth-order valence-electron chi connectivity index (χ4n) is 3.31. The van der Waals surface area contributed by atoms with Gasteiger partial charge in [0.15, 0.2) is 0 Å². The van der Waals surface area contributed by atoms with Crippen molar-refractivity contribution in [3.8, 4) is 0 Å². The van der Waals surface area contributed by atoms with E-state index in [0.29, 0.717) is 37.5 Å². The van der Waals surface area contributed by atoms with E-state index in [1.54, 1.807) is 34.1 Å². The van der Waals surface area contributed by atoms with Crippen LogP contribution in [0.4, 0.5) is 10.5 Å². The van der Waals surface area contributed by atoms with E-state index in [0.717, 1.165) is 5.69 Å². The van der Waals surface area contributed by atoms with Gasteiger partial charge in [0.2, 0.25) is 11.8 Å². The lowest BCUT2D eigenvalue weighted by Crippen LogP contribution is -2.49. The average Bonchev–Trinajstić information content (AvgIpc) is 2.96. The van der Waals surface area contributed by atoms with Crippen molar-refractivity contribution in [3.05, 3.63) is 29.3 Å². The molecule has 0 radical (unpaired) electrons. The highest BCUT2D eigenvalue weighted by atomic mass is 35.5. The summed E-state index contributed by atoms with van der Waals surface area (Å²) in [5.41, 5.74) is 6.08. The Labute approximate surface area is 151 Å². The summed E-state index contributed by atoms with van der Waals surface area (Å²) in [5.74, 6) is -0.488. The Kier molecular flexibility index (Phi) is 5.13. The zero-order chi connectivity index (χ0) is 18.0. The van der Waals surface area contributed by atoms with Crippen molar-refractivity contribution >= 4 is 35.1 Å². The van der Waals surface area contributed by atoms with E-state index < -0.39 is 0 Å². The molecule has 0 bridgehead atoms. The van der Waals surface area contributed by atoms with E-state index in [1.807, 2.05) is 0 Å². The molecule has 0 spiro atoms. The van der Waals surface area contributed by atoms with Crippen LogP contribution in [0.25, 0.3) is 0 Å². The predicted octanol–water partition coefficient (Wildman–Crippen LogP) is 1.35. The number of carbonyl (C=O) groups excluding carboxylic acids is 3. The highest BCUT2D eigenvalue weighted by molar-refractivity contribution is 6.30. The molecule has 25 heavy (non-hydrogen) atoms. The van der Waals surface area contributed by atoms with Crippen molar-refractivity contribution in [1.29, 1.82) is 0 Å². The summed E-state index contributed by atoms with van der Waals surface area (Å²) in [5, 5.41) is 3.53. The third-order valence-corrected chi connectivity index (χ3v) is 5.03. The monoisotopic (exact) mass is 364 g/mol. The molecule has 1 unspecified atom stereocenters. The van der Waals surface area contributed by atoms with Crippen molar-refractivity contribution in [3.63, 3.8) is 0 Å². The first-order chi connectivity index (χ1) is 11.9. The van der Waals surface area contributed by atoms with Crippen molar-refractivity contribution in [2.24, 2.45) is 11.7 Å². The second-order valence-corrected chi connectivity index (χ2v) is 6.93. The van der Waals surface area contributed by atoms with Gasteiger partial charge in [-0.1, -0.05) is 11.6 Å². The maximum absolute atomic E-state index is 12.4. The number of nitrogens with one attached hydrogen (secondary N) is 1. The predicted molar refractivity (Wildman–Crippen MR) is 94.2 cm³/mol. The molecule has 8 heteroatoms. The number of likely N-dealkylation sites (tertiary alicyclic amines) is 1. The Balaban J connectivity index is 1.54. The lowest BCUT2D eigenvalue weighted by atomic mass is 9.96. The van der Waals surface area contributed by atoms with Gasteiger partial charge in [-0.2, -0.15) is 0 Å². The molecule has 2 aliphatic rings. The second-order valence-electron chi connectivity index (χ2n) is 6.49. The molecule has 0 saturated carbocycles. The smallest absolute Gasteiger partial charge is 0.317 e. The molecule has 1 atom stereocenters. The van der Waals surface area contributed by atoms with E-state index in [4.69, 9.17) is 17.3 Å². The van der Waals surface area contributed by atoms with Crippen LogP contribution >= 0.6 is 11.6 Å². The summed E-state index contributed by atoms with van der Waals surface area (Å²) >= 11 is 5.87. The van der Waals surface area contributed by atoms with E-state index >= 15 is 0 Å². The van der Waals surface area contributed by atoms with Crippen molar-refractivity contribution in [1.82, 2.24) is 10.2 Å². The van der Waals surface area contributed by atoms with Gasteiger partial charge in [0.25, 0.3) is 0 Å². The van der Waals surface area contributed by atoms with Gasteiger partial charge in [0.1, 0.15) is 0 Å². The number of nitrogens with zero attached hydrogens (tertiary/aromatic N) is 2. The summed E-state index contributed by atoms with van der Waals surface area (Å²) in [6.45, 7) is 1.44. The number of rotatable bonds is 3. The molecule has 2 heterocycles. The van der Waals surface area contributed by atoms with E-state index in [-0.39, 0.29) is 36.2 Å². The van der Waals surface area contributed by atoms with Crippen LogP contribution in [0.2, 0.25) is 5.02 Å². The lowest BCUT2D eigenvalue weighted by molar-refractivity contribution is -0.123. The minimum Gasteiger partial charge on any atom is -0.369 e. The zero-order valence-corrected chi connectivity index (χ0v) is 14.5. The van der Waals surface area contributed by atoms with Crippen LogP contribution in [0.3, 0.4) is 0 Å². The number of nitrogens with two attached hydrogens (primary N) is 1. The summed E-state index contributed by atoms with van der Waals surface area (Å²) in [4.78, 5) is 39.1. The maximum Gasteiger partial charge on any atom is 0.317 e. The van der Waals surface area contributed by atoms with Gasteiger partial charge in [-0.15, -0.1) is 0 Å². The van der Waals surface area contributed by atoms with Gasteiger partial charge in [-0.3, -0.25) is 9.59 Å². The summed E-state index contributed by atoms with van der Waals surface area (Å²) in [7, 11) is 0. The normalized spacial score (nSPS) is 21.5. The Hall–Kier alpha value is -2.28. The molecule has 0 aromatic heterocycles. The second kappa shape index (κ2) is 7.31. The number of carbonyl (C=O) groups is 3. The van der Waals surface area contributed by atoms with Gasteiger partial charge < -0.3 is 20.9 Å². The number of benzene rings is 1. The van der Waals surface area contributed by atoms with Gasteiger partial charge in [-0.25, -0.2) is 4.79 Å². The molecule has 2 saturated heterocycles. The molecule has 0 aliphatic carbocycles. The molecule has 2 fully saturated rings. The Bertz CT molecular complexity index is 671. The van der Waals surface area contributed by atoms with Gasteiger partial charge >= 0.3 is 6.03 Å². The van der Waals surface area contributed by atoms with Gasteiger partial charge in [0, 0.05) is 42.7 Å². The molecular weight excluding hydrogens is 344 g/mol. The first-order valence-corrected chi connectivity index (χ1v) is 8.72. The molecule has 3 rings (SSSR count). The van der Waals surface area contributed by atoms with Crippen LogP contribution in [-0.2, 0) is 9.59 Å². The van der Waals surface area contributed by atoms with Crippen LogP contribution in [0.1, 0.15) is 19.3 Å². The first-order valence-electron chi connectivity index (χ1n) is 8.34. The summed E-state index contributed by atoms with van der Waals surface area (Å²) in [6, 6.07) is 6.62. The fourth-order valence-corrected chi connectivity index (χ4v) is 3.43. The number of urea groups is 1. The Morgan fingerprint density at radius 2 is 1.80 bits per heavy atom. The first kappa shape index (κ1) is 17.5. The number of amides is 4. The molecule has 4 amide bonds. The highest BCUT2D eigenvalue weighted by Gasteiger charge is 2.33. The molecule has 7 nitrogen and oxygen atoms in total. The quantitative estimate of drug-likeness (QED) is 0.847. The van der Waals surface area contributed by atoms with Gasteiger partial charge in [-0.05, 0) is 37.1 Å². The van der Waals surface area contributed by atoms with Gasteiger partial charge in [0.05, 0.1) is 6.04 Å². The zero-order valence-electron chi connectivity index (χ0n) is 13.8. The van der Waals surface area contributed by atoms with Crippen LogP contribution in [0.5, 0.6) is 0 Å². The molecule has 1 aromatic rings. The van der Waals surface area contributed by atoms with Crippen LogP contribution in [-0.4, -0.2) is 48.4 Å². The number of halogens is 1. The minimum absolute atomic E-state index is 0.0277. The third-order valence-electron chi connectivity index (χ3n) is 4.78. The van der Waals surface area contributed by atoms with Crippen LogP contribution in [0.15, 0.2) is 24.3 Å².